The molecular formula is C52H46F6N14O6S2. The van der Waals surface area contributed by atoms with Crippen molar-refractivity contribution in [2.75, 3.05) is 21.3 Å². The van der Waals surface area contributed by atoms with Crippen molar-refractivity contribution < 1.29 is 55.0 Å². The number of amides is 4. The maximum Gasteiger partial charge on any atom is 0.573 e. The van der Waals surface area contributed by atoms with E-state index in [2.05, 4.69) is 81.5 Å². The highest BCUT2D eigenvalue weighted by atomic mass is 32.1. The SMILES string of the molecule is O=C(Cc1cc(OC(F)(F)F)cc(-c2cccnc2CC(=O)Nc2nnc(CCCCc3ccc(NC(=O)Cc4cccc(OC(F)(F)F)c4)nn3)s2)c1)Nc1ccc(CCCCc2nnc(NC(=O)Cc3ccccn3)s2)nn1. The number of rotatable bonds is 25. The standard InChI is InChI=1S/C52H46F6N14O6S2/c53-51(54,55)77-37-13-7-9-31(24-37)26-43(73)61-41-19-17-34(65-67-41)10-2-4-16-48-70-72-50(80-48)64-46(76)30-40-39(14-8-22-60-40)33-23-32(25-38(28-33)78-52(56,57)58)27-44(74)62-42-20-18-35(66-68-42)11-1-3-15-47-69-71-49(79-47)63-45(75)29-36-12-5-6-21-59-36/h5-9,12-14,17-25,28H,1-4,10-11,15-16,26-27,29-30H2,(H,61,67,73)(H,62,68,74)(H,63,71,75)(H,64,72,76). The van der Waals surface area contributed by atoms with Crippen LogP contribution >= 0.6 is 22.7 Å². The van der Waals surface area contributed by atoms with Gasteiger partial charge in [0.25, 0.3) is 0 Å². The van der Waals surface area contributed by atoms with Gasteiger partial charge in [0.15, 0.2) is 11.6 Å². The number of hydrogen-bond acceptors (Lipinski definition) is 18. The number of aromatic nitrogens is 10. The monoisotopic (exact) mass is 1140 g/mol. The molecule has 20 nitrogen and oxygen atoms in total. The Balaban J connectivity index is 0.776. The molecule has 8 rings (SSSR count). The van der Waals surface area contributed by atoms with E-state index in [9.17, 15) is 45.5 Å². The Bertz CT molecular complexity index is 3390. The summed E-state index contributed by atoms with van der Waals surface area (Å²) in [5.41, 5.74) is 3.18. The van der Waals surface area contributed by atoms with Gasteiger partial charge < -0.3 is 30.7 Å². The molecule has 0 saturated carbocycles. The van der Waals surface area contributed by atoms with E-state index in [1.807, 2.05) is 6.07 Å². The fourth-order valence-electron chi connectivity index (χ4n) is 7.79. The lowest BCUT2D eigenvalue weighted by molar-refractivity contribution is -0.275. The molecule has 4 N–H and O–H groups in total. The number of nitrogens with zero attached hydrogens (tertiary/aromatic N) is 10. The molecule has 0 saturated heterocycles. The van der Waals surface area contributed by atoms with Crippen LogP contribution in [0.5, 0.6) is 11.5 Å². The first-order chi connectivity index (χ1) is 38.4. The van der Waals surface area contributed by atoms with E-state index in [1.165, 1.54) is 47.1 Å². The van der Waals surface area contributed by atoms with Crippen LogP contribution in [0.1, 0.15) is 69.6 Å². The molecule has 0 atom stereocenters. The minimum atomic E-state index is -5.05. The number of carbonyl (C=O) groups excluding carboxylic acids is 4. The molecule has 0 bridgehead atoms. The van der Waals surface area contributed by atoms with Crippen LogP contribution in [0.15, 0.2) is 109 Å². The van der Waals surface area contributed by atoms with Crippen molar-refractivity contribution in [2.45, 2.75) is 89.8 Å². The first kappa shape index (κ1) is 57.3. The Hall–Kier alpha value is -8.92. The molecule has 80 heavy (non-hydrogen) atoms. The highest BCUT2D eigenvalue weighted by Crippen LogP contribution is 2.32. The zero-order valence-electron chi connectivity index (χ0n) is 41.9. The van der Waals surface area contributed by atoms with E-state index in [0.29, 0.717) is 76.9 Å². The summed E-state index contributed by atoms with van der Waals surface area (Å²) in [6.45, 7) is 0. The van der Waals surface area contributed by atoms with Gasteiger partial charge in [-0.3, -0.25) is 29.1 Å². The molecule has 0 spiro atoms. The number of ether oxygens (including phenoxy) is 2. The topological polar surface area (TPSA) is 264 Å². The molecule has 0 aliphatic heterocycles. The van der Waals surface area contributed by atoms with Crippen LogP contribution in [0.2, 0.25) is 0 Å². The molecule has 414 valence electrons. The molecule has 2 aromatic carbocycles. The largest absolute Gasteiger partial charge is 0.573 e. The molecule has 28 heteroatoms. The maximum atomic E-state index is 13.6. The number of anilines is 4. The Morgan fingerprint density at radius 3 is 1.57 bits per heavy atom. The van der Waals surface area contributed by atoms with E-state index in [1.54, 1.807) is 54.7 Å². The molecule has 6 aromatic heterocycles. The number of alkyl halides is 6. The molecule has 0 radical (unpaired) electrons. The van der Waals surface area contributed by atoms with Crippen molar-refractivity contribution in [1.29, 1.82) is 0 Å². The smallest absolute Gasteiger partial charge is 0.406 e. The van der Waals surface area contributed by atoms with Crippen LogP contribution < -0.4 is 30.7 Å². The highest BCUT2D eigenvalue weighted by Gasteiger charge is 2.32. The fourth-order valence-corrected chi connectivity index (χ4v) is 9.39. The number of benzene rings is 2. The van der Waals surface area contributed by atoms with E-state index in [4.69, 9.17) is 0 Å². The predicted octanol–water partition coefficient (Wildman–Crippen LogP) is 9.08. The van der Waals surface area contributed by atoms with Crippen LogP contribution in [-0.4, -0.2) is 87.1 Å². The van der Waals surface area contributed by atoms with Crippen molar-refractivity contribution in [3.8, 4) is 22.6 Å². The lowest BCUT2D eigenvalue weighted by atomic mass is 9.98. The Morgan fingerprint density at radius 1 is 0.450 bits per heavy atom. The first-order valence-electron chi connectivity index (χ1n) is 24.5. The van der Waals surface area contributed by atoms with Crippen LogP contribution in [0.3, 0.4) is 0 Å². The summed E-state index contributed by atoms with van der Waals surface area (Å²) in [6, 6.07) is 23.9. The Kier molecular flexibility index (Phi) is 19.4. The average molecular weight is 1140 g/mol. The van der Waals surface area contributed by atoms with E-state index in [0.717, 1.165) is 42.1 Å². The minimum Gasteiger partial charge on any atom is -0.406 e. The maximum absolute atomic E-state index is 13.6. The van der Waals surface area contributed by atoms with Gasteiger partial charge in [-0.15, -0.1) is 56.9 Å². The van der Waals surface area contributed by atoms with Crippen LogP contribution in [-0.2, 0) is 70.5 Å². The predicted molar refractivity (Wildman–Crippen MR) is 280 cm³/mol. The van der Waals surface area contributed by atoms with E-state index >= 15 is 0 Å². The van der Waals surface area contributed by atoms with Gasteiger partial charge in [0.2, 0.25) is 33.9 Å². The third kappa shape index (κ3) is 18.9. The summed E-state index contributed by atoms with van der Waals surface area (Å²) < 4.78 is 86.6. The van der Waals surface area contributed by atoms with Gasteiger partial charge in [-0.05, 0) is 122 Å². The van der Waals surface area contributed by atoms with Gasteiger partial charge in [0.1, 0.15) is 21.5 Å². The molecular weight excluding hydrogens is 1090 g/mol. The van der Waals surface area contributed by atoms with Crippen molar-refractivity contribution in [3.05, 3.63) is 153 Å². The highest BCUT2D eigenvalue weighted by molar-refractivity contribution is 7.15. The second-order valence-corrected chi connectivity index (χ2v) is 19.7. The molecule has 0 fully saturated rings. The third-order valence-corrected chi connectivity index (χ3v) is 13.0. The second kappa shape index (κ2) is 27.1. The normalized spacial score (nSPS) is 11.4. The van der Waals surface area contributed by atoms with Gasteiger partial charge in [0.05, 0.1) is 42.8 Å². The second-order valence-electron chi connectivity index (χ2n) is 17.6. The number of hydrogen-bond donors (Lipinski definition) is 4. The van der Waals surface area contributed by atoms with E-state index in [-0.39, 0.29) is 65.2 Å². The minimum absolute atomic E-state index is 0.119. The number of aryl methyl sites for hydroxylation is 4. The molecule has 4 amide bonds. The van der Waals surface area contributed by atoms with Crippen LogP contribution in [0.25, 0.3) is 11.1 Å². The lowest BCUT2D eigenvalue weighted by Gasteiger charge is -2.14. The van der Waals surface area contributed by atoms with Crippen molar-refractivity contribution in [1.82, 2.24) is 50.8 Å². The lowest BCUT2D eigenvalue weighted by Crippen LogP contribution is -2.18. The summed E-state index contributed by atoms with van der Waals surface area (Å²) >= 11 is 2.46. The van der Waals surface area contributed by atoms with Crippen molar-refractivity contribution in [2.24, 2.45) is 0 Å². The molecule has 8 aromatic rings. The summed E-state index contributed by atoms with van der Waals surface area (Å²) in [5, 5.41) is 45.6. The van der Waals surface area contributed by atoms with Gasteiger partial charge in [-0.2, -0.15) is 10.2 Å². The number of unbranched alkanes of at least 4 members (excludes halogenated alkanes) is 2. The number of carbonyl (C=O) groups is 4. The van der Waals surface area contributed by atoms with E-state index < -0.39 is 41.9 Å². The number of nitrogens with one attached hydrogen (secondary N) is 4. The summed E-state index contributed by atoms with van der Waals surface area (Å²) in [4.78, 5) is 59.9. The van der Waals surface area contributed by atoms with Crippen LogP contribution in [0.4, 0.5) is 48.2 Å². The summed E-state index contributed by atoms with van der Waals surface area (Å²) in [7, 11) is 0. The molecule has 0 unspecified atom stereocenters. The van der Waals surface area contributed by atoms with Crippen molar-refractivity contribution in [3.63, 3.8) is 0 Å². The Labute approximate surface area is 459 Å². The van der Waals surface area contributed by atoms with Gasteiger partial charge in [0, 0.05) is 36.5 Å². The van der Waals surface area contributed by atoms with Crippen LogP contribution in [0, 0.1) is 0 Å². The molecule has 0 aliphatic rings. The van der Waals surface area contributed by atoms with Gasteiger partial charge in [-0.25, -0.2) is 0 Å². The Morgan fingerprint density at radius 2 is 1.00 bits per heavy atom. The number of halogens is 6. The molecule has 6 heterocycles. The third-order valence-electron chi connectivity index (χ3n) is 11.2. The van der Waals surface area contributed by atoms with Gasteiger partial charge >= 0.3 is 12.7 Å². The quantitative estimate of drug-likeness (QED) is 0.0307. The first-order valence-corrected chi connectivity index (χ1v) is 26.1. The summed E-state index contributed by atoms with van der Waals surface area (Å²) in [5.74, 6) is -2.58. The zero-order chi connectivity index (χ0) is 56.5. The zero-order valence-corrected chi connectivity index (χ0v) is 43.5. The number of pyridine rings is 2. The van der Waals surface area contributed by atoms with Crippen molar-refractivity contribution >= 4 is 68.2 Å². The van der Waals surface area contributed by atoms with Gasteiger partial charge in [-0.1, -0.05) is 53.0 Å². The fraction of sp³-hybridized carbons (Fsp3) is 0.269. The summed E-state index contributed by atoms with van der Waals surface area (Å²) in [6.07, 6.45) is -2.47. The average Bonchev–Trinajstić information content (AvgIpc) is 4.07. The molecule has 0 aliphatic carbocycles.